The van der Waals surface area contributed by atoms with Crippen LogP contribution in [0.4, 0.5) is 0 Å². The van der Waals surface area contributed by atoms with E-state index in [1.807, 2.05) is 0 Å². The number of rotatable bonds is 3. The molecule has 0 aliphatic rings. The quantitative estimate of drug-likeness (QED) is 0.799. The first-order valence-corrected chi connectivity index (χ1v) is 6.24. The Labute approximate surface area is 89.0 Å². The van der Waals surface area contributed by atoms with Gasteiger partial charge >= 0.3 is 0 Å². The van der Waals surface area contributed by atoms with E-state index < -0.39 is 9.84 Å². The molecule has 15 heavy (non-hydrogen) atoms. The molecule has 4 nitrogen and oxygen atoms in total. The Balaban J connectivity index is 3.15. The van der Waals surface area contributed by atoms with Gasteiger partial charge in [-0.1, -0.05) is 12.2 Å². The number of benzene rings is 1. The number of sulfone groups is 1. The van der Waals surface area contributed by atoms with Gasteiger partial charge in [0.2, 0.25) is 0 Å². The van der Waals surface area contributed by atoms with Crippen LogP contribution in [-0.4, -0.2) is 26.3 Å². The van der Waals surface area contributed by atoms with Crippen molar-refractivity contribution in [2.75, 3.05) is 12.8 Å². The van der Waals surface area contributed by atoms with E-state index in [1.165, 1.54) is 18.2 Å². The van der Waals surface area contributed by atoms with Gasteiger partial charge in [-0.05, 0) is 18.2 Å². The smallest absolute Gasteiger partial charge is 0.175 e. The highest BCUT2D eigenvalue weighted by atomic mass is 32.2. The molecule has 0 radical (unpaired) electrons. The second-order valence-corrected chi connectivity index (χ2v) is 5.15. The SMILES string of the molecule is CS(=O)(=O)c1ccc(/C=C/CN)c(O)c1. The Morgan fingerprint density at radius 2 is 2.13 bits per heavy atom. The van der Waals surface area contributed by atoms with Crippen molar-refractivity contribution < 1.29 is 13.5 Å². The number of phenolic OH excluding ortho intramolecular Hbond substituents is 1. The normalized spacial score (nSPS) is 12.1. The van der Waals surface area contributed by atoms with Gasteiger partial charge in [-0.2, -0.15) is 0 Å². The maximum Gasteiger partial charge on any atom is 0.175 e. The fourth-order valence-corrected chi connectivity index (χ4v) is 1.73. The second kappa shape index (κ2) is 4.46. The van der Waals surface area contributed by atoms with Crippen LogP contribution < -0.4 is 5.73 Å². The van der Waals surface area contributed by atoms with E-state index in [0.29, 0.717) is 12.1 Å². The van der Waals surface area contributed by atoms with Crippen molar-refractivity contribution in [2.24, 2.45) is 5.73 Å². The van der Waals surface area contributed by atoms with Gasteiger partial charge < -0.3 is 10.8 Å². The van der Waals surface area contributed by atoms with E-state index in [2.05, 4.69) is 0 Å². The van der Waals surface area contributed by atoms with Gasteiger partial charge in [0.15, 0.2) is 9.84 Å². The van der Waals surface area contributed by atoms with Crippen LogP contribution in [-0.2, 0) is 9.84 Å². The first kappa shape index (κ1) is 11.7. The van der Waals surface area contributed by atoms with E-state index in [9.17, 15) is 13.5 Å². The summed E-state index contributed by atoms with van der Waals surface area (Å²) in [4.78, 5) is 0.102. The number of hydrogen-bond donors (Lipinski definition) is 2. The molecule has 0 saturated heterocycles. The zero-order chi connectivity index (χ0) is 11.5. The molecule has 0 saturated carbocycles. The highest BCUT2D eigenvalue weighted by Crippen LogP contribution is 2.22. The third kappa shape index (κ3) is 3.07. The molecule has 0 spiro atoms. The van der Waals surface area contributed by atoms with E-state index >= 15 is 0 Å². The Bertz CT molecular complexity index is 477. The third-order valence-corrected chi connectivity index (χ3v) is 2.97. The summed E-state index contributed by atoms with van der Waals surface area (Å²) in [5.74, 6) is -0.0670. The van der Waals surface area contributed by atoms with E-state index in [4.69, 9.17) is 5.73 Å². The van der Waals surface area contributed by atoms with Crippen LogP contribution >= 0.6 is 0 Å². The first-order valence-electron chi connectivity index (χ1n) is 4.35. The minimum absolute atomic E-state index is 0.0670. The van der Waals surface area contributed by atoms with Crippen LogP contribution in [0.1, 0.15) is 5.56 Å². The summed E-state index contributed by atoms with van der Waals surface area (Å²) in [6.45, 7) is 0.368. The zero-order valence-electron chi connectivity index (χ0n) is 8.34. The largest absolute Gasteiger partial charge is 0.507 e. The minimum Gasteiger partial charge on any atom is -0.507 e. The molecule has 0 aliphatic heterocycles. The summed E-state index contributed by atoms with van der Waals surface area (Å²) in [5.41, 5.74) is 5.81. The van der Waals surface area contributed by atoms with Gasteiger partial charge in [-0.15, -0.1) is 0 Å². The van der Waals surface area contributed by atoms with E-state index in [-0.39, 0.29) is 10.6 Å². The zero-order valence-corrected chi connectivity index (χ0v) is 9.16. The summed E-state index contributed by atoms with van der Waals surface area (Å²) in [6, 6.07) is 4.22. The Kier molecular flexibility index (Phi) is 3.49. The number of aromatic hydroxyl groups is 1. The summed E-state index contributed by atoms with van der Waals surface area (Å²) in [5, 5.41) is 9.52. The predicted molar refractivity (Wildman–Crippen MR) is 59.3 cm³/mol. The summed E-state index contributed by atoms with van der Waals surface area (Å²) < 4.78 is 22.3. The maximum absolute atomic E-state index is 11.2. The van der Waals surface area contributed by atoms with Crippen LogP contribution in [0.3, 0.4) is 0 Å². The van der Waals surface area contributed by atoms with Gasteiger partial charge in [-0.25, -0.2) is 8.42 Å². The molecule has 0 atom stereocenters. The highest BCUT2D eigenvalue weighted by Gasteiger charge is 2.08. The lowest BCUT2D eigenvalue weighted by Crippen LogP contribution is -1.97. The van der Waals surface area contributed by atoms with Crippen molar-refractivity contribution in [3.63, 3.8) is 0 Å². The Morgan fingerprint density at radius 1 is 1.47 bits per heavy atom. The first-order chi connectivity index (χ1) is 6.95. The van der Waals surface area contributed by atoms with E-state index in [0.717, 1.165) is 6.26 Å². The topological polar surface area (TPSA) is 80.4 Å². The lowest BCUT2D eigenvalue weighted by Gasteiger charge is -2.02. The van der Waals surface area contributed by atoms with Crippen molar-refractivity contribution in [1.82, 2.24) is 0 Å². The molecule has 0 unspecified atom stereocenters. The average Bonchev–Trinajstić information content (AvgIpc) is 2.14. The molecule has 3 N–H and O–H groups in total. The van der Waals surface area contributed by atoms with Crippen LogP contribution in [0.2, 0.25) is 0 Å². The molecule has 1 aromatic rings. The van der Waals surface area contributed by atoms with Gasteiger partial charge in [-0.3, -0.25) is 0 Å². The standard InChI is InChI=1S/C10H13NO3S/c1-15(13,14)9-5-4-8(3-2-6-11)10(12)7-9/h2-5,7,12H,6,11H2,1H3/b3-2+. The van der Waals surface area contributed by atoms with Crippen molar-refractivity contribution >= 4 is 15.9 Å². The second-order valence-electron chi connectivity index (χ2n) is 3.13. The number of hydrogen-bond acceptors (Lipinski definition) is 4. The lowest BCUT2D eigenvalue weighted by molar-refractivity contribution is 0.472. The molecule has 0 aliphatic carbocycles. The Hall–Kier alpha value is -1.33. The molecule has 0 aromatic heterocycles. The van der Waals surface area contributed by atoms with Crippen LogP contribution in [0.5, 0.6) is 5.75 Å². The summed E-state index contributed by atoms with van der Waals surface area (Å²) in [6.07, 6.45) is 4.41. The molecule has 5 heteroatoms. The average molecular weight is 227 g/mol. The lowest BCUT2D eigenvalue weighted by atomic mass is 10.2. The molecule has 0 amide bonds. The maximum atomic E-state index is 11.2. The molecular formula is C10H13NO3S. The number of nitrogens with two attached hydrogens (primary N) is 1. The molecule has 1 aromatic carbocycles. The molecule has 82 valence electrons. The summed E-state index contributed by atoms with van der Waals surface area (Å²) >= 11 is 0. The van der Waals surface area contributed by atoms with Crippen molar-refractivity contribution in [3.8, 4) is 5.75 Å². The molecule has 0 bridgehead atoms. The van der Waals surface area contributed by atoms with Crippen LogP contribution in [0, 0.1) is 0 Å². The van der Waals surface area contributed by atoms with Gasteiger partial charge in [0.05, 0.1) is 4.90 Å². The van der Waals surface area contributed by atoms with Gasteiger partial charge in [0.1, 0.15) is 5.75 Å². The fraction of sp³-hybridized carbons (Fsp3) is 0.200. The van der Waals surface area contributed by atoms with Crippen LogP contribution in [0.25, 0.3) is 6.08 Å². The fourth-order valence-electron chi connectivity index (χ4n) is 1.09. The number of phenols is 1. The molecule has 0 fully saturated rings. The third-order valence-electron chi connectivity index (χ3n) is 1.86. The van der Waals surface area contributed by atoms with Gasteiger partial charge in [0.25, 0.3) is 0 Å². The predicted octanol–water partition coefficient (Wildman–Crippen LogP) is 0.768. The van der Waals surface area contributed by atoms with Crippen LogP contribution in [0.15, 0.2) is 29.2 Å². The van der Waals surface area contributed by atoms with Crippen molar-refractivity contribution in [1.29, 1.82) is 0 Å². The van der Waals surface area contributed by atoms with Gasteiger partial charge in [0, 0.05) is 18.4 Å². The molecular weight excluding hydrogens is 214 g/mol. The molecule has 1 rings (SSSR count). The minimum atomic E-state index is -3.27. The van der Waals surface area contributed by atoms with Crippen molar-refractivity contribution in [3.05, 3.63) is 29.8 Å². The molecule has 0 heterocycles. The monoisotopic (exact) mass is 227 g/mol. The van der Waals surface area contributed by atoms with Crippen molar-refractivity contribution in [2.45, 2.75) is 4.90 Å². The summed E-state index contributed by atoms with van der Waals surface area (Å²) in [7, 11) is -3.27. The Morgan fingerprint density at radius 3 is 2.60 bits per heavy atom. The highest BCUT2D eigenvalue weighted by molar-refractivity contribution is 7.90. The van der Waals surface area contributed by atoms with E-state index in [1.54, 1.807) is 12.2 Å².